The summed E-state index contributed by atoms with van der Waals surface area (Å²) in [7, 11) is 0. The third-order valence-corrected chi connectivity index (χ3v) is 6.09. The Balaban J connectivity index is 1.49. The van der Waals surface area contributed by atoms with Gasteiger partial charge < -0.3 is 4.90 Å². The Bertz CT molecular complexity index is 731. The second-order valence-corrected chi connectivity index (χ2v) is 7.77. The van der Waals surface area contributed by atoms with Crippen LogP contribution in [0.2, 0.25) is 0 Å². The molecule has 4 rings (SSSR count). The molecular weight excluding hydrogens is 330 g/mol. The minimum absolute atomic E-state index is 0.119. The zero-order chi connectivity index (χ0) is 17.1. The van der Waals surface area contributed by atoms with E-state index in [1.807, 2.05) is 47.4 Å². The molecule has 1 amide bonds. The maximum atomic E-state index is 13.1. The molecule has 1 unspecified atom stereocenters. The highest BCUT2D eigenvalue weighted by Crippen LogP contribution is 2.30. The first-order valence-corrected chi connectivity index (χ1v) is 9.84. The third-order valence-electron chi connectivity index (χ3n) is 5.07. The van der Waals surface area contributed by atoms with Gasteiger partial charge in [-0.25, -0.2) is 4.98 Å². The van der Waals surface area contributed by atoms with Gasteiger partial charge in [0.05, 0.1) is 5.56 Å². The smallest absolute Gasteiger partial charge is 0.256 e. The summed E-state index contributed by atoms with van der Waals surface area (Å²) >= 11 is 1.56. The fourth-order valence-corrected chi connectivity index (χ4v) is 4.63. The molecule has 5 heteroatoms. The molecule has 2 fully saturated rings. The van der Waals surface area contributed by atoms with Crippen molar-refractivity contribution in [2.24, 2.45) is 0 Å². The number of rotatable bonds is 4. The fraction of sp³-hybridized carbons (Fsp3) is 0.400. The first-order valence-electron chi connectivity index (χ1n) is 9.02. The van der Waals surface area contributed by atoms with Crippen molar-refractivity contribution in [3.63, 3.8) is 0 Å². The molecule has 0 bridgehead atoms. The van der Waals surface area contributed by atoms with Crippen LogP contribution in [0.3, 0.4) is 0 Å². The van der Waals surface area contributed by atoms with Gasteiger partial charge in [0, 0.05) is 30.2 Å². The topological polar surface area (TPSA) is 36.4 Å². The lowest BCUT2D eigenvalue weighted by Gasteiger charge is -2.24. The zero-order valence-electron chi connectivity index (χ0n) is 14.3. The predicted octanol–water partition coefficient (Wildman–Crippen LogP) is 3.54. The van der Waals surface area contributed by atoms with Crippen molar-refractivity contribution in [1.82, 2.24) is 14.8 Å². The van der Waals surface area contributed by atoms with Gasteiger partial charge in [0.15, 0.2) is 0 Å². The lowest BCUT2D eigenvalue weighted by molar-refractivity contribution is 0.0776. The molecule has 3 heterocycles. The molecule has 0 saturated carbocycles. The van der Waals surface area contributed by atoms with Gasteiger partial charge in [-0.3, -0.25) is 9.69 Å². The normalized spacial score (nSPS) is 21.0. The van der Waals surface area contributed by atoms with E-state index in [4.69, 9.17) is 0 Å². The number of carbonyl (C=O) groups excluding carboxylic acids is 1. The number of benzene rings is 1. The SMILES string of the molecule is O=C(c1cccnc1Sc1ccccc1)N1CCC(N2CCCC2)C1. The number of pyridine rings is 1. The minimum Gasteiger partial charge on any atom is -0.337 e. The van der Waals surface area contributed by atoms with Crippen LogP contribution in [0.5, 0.6) is 0 Å². The van der Waals surface area contributed by atoms with E-state index in [-0.39, 0.29) is 5.91 Å². The number of likely N-dealkylation sites (tertiary alicyclic amines) is 2. The Labute approximate surface area is 153 Å². The molecule has 4 nitrogen and oxygen atoms in total. The van der Waals surface area contributed by atoms with E-state index in [9.17, 15) is 4.79 Å². The first kappa shape index (κ1) is 16.6. The maximum Gasteiger partial charge on any atom is 0.256 e. The monoisotopic (exact) mass is 353 g/mol. The van der Waals surface area contributed by atoms with Crippen molar-refractivity contribution in [1.29, 1.82) is 0 Å². The molecule has 1 aromatic carbocycles. The lowest BCUT2D eigenvalue weighted by Crippen LogP contribution is -2.37. The number of hydrogen-bond donors (Lipinski definition) is 0. The molecule has 0 aliphatic carbocycles. The van der Waals surface area contributed by atoms with Crippen LogP contribution in [0.25, 0.3) is 0 Å². The molecular formula is C20H23N3OS. The Morgan fingerprint density at radius 3 is 2.64 bits per heavy atom. The lowest BCUT2D eigenvalue weighted by atomic mass is 10.2. The number of nitrogens with zero attached hydrogens (tertiary/aromatic N) is 3. The van der Waals surface area contributed by atoms with Crippen molar-refractivity contribution in [3.8, 4) is 0 Å². The van der Waals surface area contributed by atoms with E-state index in [1.165, 1.54) is 25.9 Å². The predicted molar refractivity (Wildman–Crippen MR) is 99.9 cm³/mol. The van der Waals surface area contributed by atoms with Crippen LogP contribution in [0.1, 0.15) is 29.6 Å². The van der Waals surface area contributed by atoms with E-state index < -0.39 is 0 Å². The van der Waals surface area contributed by atoms with Gasteiger partial charge in [-0.15, -0.1) is 0 Å². The van der Waals surface area contributed by atoms with Gasteiger partial charge >= 0.3 is 0 Å². The number of aromatic nitrogens is 1. The number of carbonyl (C=O) groups is 1. The van der Waals surface area contributed by atoms with Crippen LogP contribution < -0.4 is 0 Å². The van der Waals surface area contributed by atoms with E-state index >= 15 is 0 Å². The quantitative estimate of drug-likeness (QED) is 0.842. The molecule has 0 spiro atoms. The molecule has 130 valence electrons. The van der Waals surface area contributed by atoms with Gasteiger partial charge in [-0.1, -0.05) is 30.0 Å². The van der Waals surface area contributed by atoms with E-state index in [2.05, 4.69) is 9.88 Å². The zero-order valence-corrected chi connectivity index (χ0v) is 15.1. The standard InChI is InChI=1S/C20H23N3OS/c24-20(23-14-10-16(15-23)22-12-4-5-13-22)18-9-6-11-21-19(18)25-17-7-2-1-3-8-17/h1-3,6-9,11,16H,4-5,10,12-15H2. The summed E-state index contributed by atoms with van der Waals surface area (Å²) in [6.45, 7) is 4.08. The van der Waals surface area contributed by atoms with Crippen molar-refractivity contribution in [2.45, 2.75) is 35.2 Å². The van der Waals surface area contributed by atoms with Crippen LogP contribution >= 0.6 is 11.8 Å². The highest BCUT2D eigenvalue weighted by Gasteiger charge is 2.32. The van der Waals surface area contributed by atoms with Gasteiger partial charge in [0.2, 0.25) is 0 Å². The number of amides is 1. The molecule has 2 aromatic rings. The van der Waals surface area contributed by atoms with Gasteiger partial charge in [0.25, 0.3) is 5.91 Å². The Hall–Kier alpha value is -1.85. The molecule has 2 aliphatic rings. The van der Waals surface area contributed by atoms with Gasteiger partial charge in [-0.05, 0) is 56.6 Å². The second-order valence-electron chi connectivity index (χ2n) is 6.71. The molecule has 2 saturated heterocycles. The average molecular weight is 353 g/mol. The average Bonchev–Trinajstić information content (AvgIpc) is 3.34. The fourth-order valence-electron chi connectivity index (χ4n) is 3.74. The highest BCUT2D eigenvalue weighted by molar-refractivity contribution is 7.99. The summed E-state index contributed by atoms with van der Waals surface area (Å²) in [6.07, 6.45) is 5.45. The molecule has 0 N–H and O–H groups in total. The summed E-state index contributed by atoms with van der Waals surface area (Å²) in [5, 5.41) is 0.795. The van der Waals surface area contributed by atoms with E-state index in [1.54, 1.807) is 18.0 Å². The summed E-state index contributed by atoms with van der Waals surface area (Å²) in [5.41, 5.74) is 0.721. The van der Waals surface area contributed by atoms with Crippen LogP contribution in [0.4, 0.5) is 0 Å². The van der Waals surface area contributed by atoms with Gasteiger partial charge in [-0.2, -0.15) is 0 Å². The molecule has 1 aromatic heterocycles. The maximum absolute atomic E-state index is 13.1. The Morgan fingerprint density at radius 1 is 1.04 bits per heavy atom. The summed E-state index contributed by atoms with van der Waals surface area (Å²) in [6, 6.07) is 14.4. The highest BCUT2D eigenvalue weighted by atomic mass is 32.2. The molecule has 0 radical (unpaired) electrons. The largest absolute Gasteiger partial charge is 0.337 e. The van der Waals surface area contributed by atoms with E-state index in [0.29, 0.717) is 6.04 Å². The van der Waals surface area contributed by atoms with Crippen molar-refractivity contribution >= 4 is 17.7 Å². The molecule has 25 heavy (non-hydrogen) atoms. The van der Waals surface area contributed by atoms with Gasteiger partial charge in [0.1, 0.15) is 5.03 Å². The van der Waals surface area contributed by atoms with Crippen LogP contribution in [0.15, 0.2) is 58.6 Å². The van der Waals surface area contributed by atoms with Crippen LogP contribution in [-0.4, -0.2) is 52.9 Å². The minimum atomic E-state index is 0.119. The van der Waals surface area contributed by atoms with Crippen molar-refractivity contribution < 1.29 is 4.79 Å². The number of hydrogen-bond acceptors (Lipinski definition) is 4. The first-order chi connectivity index (χ1) is 12.3. The summed E-state index contributed by atoms with van der Waals surface area (Å²) in [4.78, 5) is 23.2. The second kappa shape index (κ2) is 7.58. The van der Waals surface area contributed by atoms with Crippen LogP contribution in [0, 0.1) is 0 Å². The summed E-state index contributed by atoms with van der Waals surface area (Å²) < 4.78 is 0. The third kappa shape index (κ3) is 3.72. The van der Waals surface area contributed by atoms with Crippen LogP contribution in [-0.2, 0) is 0 Å². The van der Waals surface area contributed by atoms with E-state index in [0.717, 1.165) is 35.0 Å². The van der Waals surface area contributed by atoms with Crippen molar-refractivity contribution in [3.05, 3.63) is 54.2 Å². The Morgan fingerprint density at radius 2 is 1.84 bits per heavy atom. The summed E-state index contributed by atoms with van der Waals surface area (Å²) in [5.74, 6) is 0.119. The Kier molecular flexibility index (Phi) is 5.04. The van der Waals surface area contributed by atoms with Crippen molar-refractivity contribution in [2.75, 3.05) is 26.2 Å². The molecule has 1 atom stereocenters. The molecule has 2 aliphatic heterocycles.